The predicted molar refractivity (Wildman–Crippen MR) is 202 cm³/mol. The molecule has 6 N–H and O–H groups in total. The molecule has 20 heteroatoms. The molecule has 0 aliphatic rings. The van der Waals surface area contributed by atoms with Crippen LogP contribution in [0, 0.1) is 12.9 Å². The molecule has 0 aliphatic heterocycles. The van der Waals surface area contributed by atoms with Gasteiger partial charge in [-0.25, -0.2) is 52.0 Å². The lowest BCUT2D eigenvalue weighted by Crippen LogP contribution is -2.11. The largest absolute Gasteiger partial charge is 0.416 e. The number of primary sulfonamides is 2. The number of benzene rings is 4. The van der Waals surface area contributed by atoms with Crippen LogP contribution in [-0.4, -0.2) is 41.8 Å². The molecule has 0 spiro atoms. The number of alkyl halides is 3. The number of hydrogen-bond donors (Lipinski definition) is 4. The second-order valence-corrected chi connectivity index (χ2v) is 15.8. The van der Waals surface area contributed by atoms with Crippen molar-refractivity contribution in [2.75, 3.05) is 10.6 Å². The minimum absolute atomic E-state index is 0.0176. The Morgan fingerprint density at radius 3 is 1.64 bits per heavy atom. The van der Waals surface area contributed by atoms with E-state index in [9.17, 15) is 34.4 Å². The minimum atomic E-state index is -4.47. The molecule has 7 rings (SSSR count). The molecule has 4 aromatic carbocycles. The van der Waals surface area contributed by atoms with Crippen molar-refractivity contribution < 1.29 is 34.4 Å². The summed E-state index contributed by atoms with van der Waals surface area (Å²) in [5.74, 6) is -0.0759. The van der Waals surface area contributed by atoms with E-state index in [0.29, 0.717) is 28.4 Å². The van der Waals surface area contributed by atoms with Crippen LogP contribution in [0.25, 0.3) is 32.9 Å². The summed E-state index contributed by atoms with van der Waals surface area (Å²) in [6.07, 6.45) is -0.0519. The maximum atomic E-state index is 13.2. The number of halogens is 5. The molecular weight excluding hydrogens is 830 g/mol. The predicted octanol–water partition coefficient (Wildman–Crippen LogP) is 7.33. The minimum Gasteiger partial charge on any atom is -0.324 e. The van der Waals surface area contributed by atoms with Gasteiger partial charge in [-0.05, 0) is 113 Å². The van der Waals surface area contributed by atoms with E-state index in [1.807, 2.05) is 19.1 Å². The number of nitrogens with zero attached hydrogens (tertiary/aromatic N) is 5. The SMILES string of the molecule is Cc1cc(-c2ccc(F)nc2)c2nc(Nc3ccc(S(N)(=O)=O)cc3)ncc2c1.NS(=O)(=O)c1ccc(Nc2ncc3cc(C(F)(F)F)cc(Br)c3n2)cc1. The summed E-state index contributed by atoms with van der Waals surface area (Å²) in [6.45, 7) is 1.96. The fourth-order valence-electron chi connectivity index (χ4n) is 5.15. The van der Waals surface area contributed by atoms with Crippen molar-refractivity contribution in [2.24, 2.45) is 10.3 Å². The Kier molecular flexibility index (Phi) is 10.8. The van der Waals surface area contributed by atoms with Gasteiger partial charge in [0.15, 0.2) is 0 Å². The smallest absolute Gasteiger partial charge is 0.324 e. The maximum Gasteiger partial charge on any atom is 0.416 e. The Morgan fingerprint density at radius 2 is 1.16 bits per heavy atom. The molecule has 0 aliphatic carbocycles. The molecule has 0 radical (unpaired) electrons. The standard InChI is InChI=1S/C20H16FN5O2S.C15H10BrF3N4O2S/c1-12-8-14-11-24-20(25-15-3-5-16(6-4-15)29(22,27)28)26-19(14)17(9-12)13-2-7-18(21)23-10-13;16-12-6-9(15(17,18)19)5-8-7-21-14(23-13(8)12)22-10-1-3-11(4-2-10)26(20,24)25/h2-11H,1H3,(H2,22,27,28)(H,24,25,26);1-7H,(H2,20,24,25)(H,21,22,23). The molecule has 0 saturated carbocycles. The van der Waals surface area contributed by atoms with Crippen LogP contribution >= 0.6 is 15.9 Å². The number of rotatable bonds is 7. The third kappa shape index (κ3) is 9.53. The molecule has 3 aromatic heterocycles. The van der Waals surface area contributed by atoms with E-state index in [4.69, 9.17) is 10.3 Å². The van der Waals surface area contributed by atoms with Crippen LogP contribution in [0.15, 0.2) is 118 Å². The summed E-state index contributed by atoms with van der Waals surface area (Å²) >= 11 is 3.09. The fraction of sp³-hybridized carbons (Fsp3) is 0.0571. The van der Waals surface area contributed by atoms with Gasteiger partial charge in [-0.3, -0.25) is 0 Å². The first kappa shape index (κ1) is 39.0. The Balaban J connectivity index is 0.000000188. The highest BCUT2D eigenvalue weighted by Gasteiger charge is 2.31. The number of nitrogens with one attached hydrogen (secondary N) is 2. The fourth-order valence-corrected chi connectivity index (χ4v) is 6.75. The van der Waals surface area contributed by atoms with Crippen LogP contribution in [0.4, 0.5) is 40.8 Å². The van der Waals surface area contributed by atoms with Gasteiger partial charge in [0.25, 0.3) is 0 Å². The Hall–Kier alpha value is -5.67. The lowest BCUT2D eigenvalue weighted by atomic mass is 10.0. The van der Waals surface area contributed by atoms with Crippen molar-refractivity contribution in [3.63, 3.8) is 0 Å². The quantitative estimate of drug-likeness (QED) is 0.0921. The van der Waals surface area contributed by atoms with Gasteiger partial charge in [0.05, 0.1) is 26.4 Å². The van der Waals surface area contributed by atoms with Crippen molar-refractivity contribution in [3.05, 3.63) is 125 Å². The number of pyridine rings is 1. The summed E-state index contributed by atoms with van der Waals surface area (Å²) in [6, 6.07) is 20.3. The Morgan fingerprint density at radius 1 is 0.655 bits per heavy atom. The van der Waals surface area contributed by atoms with Crippen LogP contribution < -0.4 is 20.9 Å². The lowest BCUT2D eigenvalue weighted by molar-refractivity contribution is -0.137. The third-order valence-electron chi connectivity index (χ3n) is 7.71. The highest BCUT2D eigenvalue weighted by atomic mass is 79.9. The third-order valence-corrected chi connectivity index (χ3v) is 10.2. The molecule has 0 bridgehead atoms. The van der Waals surface area contributed by atoms with Crippen LogP contribution in [0.2, 0.25) is 0 Å². The average Bonchev–Trinajstić information content (AvgIpc) is 3.11. The van der Waals surface area contributed by atoms with Gasteiger partial charge in [-0.2, -0.15) is 17.6 Å². The lowest BCUT2D eigenvalue weighted by Gasteiger charge is -2.10. The van der Waals surface area contributed by atoms with Crippen molar-refractivity contribution in [1.29, 1.82) is 0 Å². The molecular formula is C35H26BrF4N9O4S2. The van der Waals surface area contributed by atoms with Gasteiger partial charge in [-0.15, -0.1) is 0 Å². The zero-order valence-electron chi connectivity index (χ0n) is 28.0. The first-order chi connectivity index (χ1) is 25.8. The Bertz CT molecular complexity index is 2780. The number of aromatic nitrogens is 5. The van der Waals surface area contributed by atoms with E-state index in [2.05, 4.69) is 51.5 Å². The number of fused-ring (bicyclic) bond motifs is 2. The molecule has 0 saturated heterocycles. The first-order valence-electron chi connectivity index (χ1n) is 15.6. The van der Waals surface area contributed by atoms with E-state index in [1.54, 1.807) is 24.4 Å². The summed E-state index contributed by atoms with van der Waals surface area (Å²) in [5.41, 5.74) is 3.83. The average molecular weight is 857 g/mol. The highest BCUT2D eigenvalue weighted by molar-refractivity contribution is 9.10. The number of sulfonamides is 2. The van der Waals surface area contributed by atoms with Gasteiger partial charge in [0.1, 0.15) is 0 Å². The van der Waals surface area contributed by atoms with Crippen molar-refractivity contribution in [3.8, 4) is 11.1 Å². The maximum absolute atomic E-state index is 13.2. The molecule has 282 valence electrons. The summed E-state index contributed by atoms with van der Waals surface area (Å²) in [5, 5.41) is 17.1. The zero-order chi connectivity index (χ0) is 39.7. The number of hydrogen-bond acceptors (Lipinski definition) is 11. The van der Waals surface area contributed by atoms with E-state index in [1.165, 1.54) is 54.9 Å². The van der Waals surface area contributed by atoms with Crippen LogP contribution in [0.5, 0.6) is 0 Å². The molecule has 0 unspecified atom stereocenters. The van der Waals surface area contributed by atoms with Crippen LogP contribution in [0.1, 0.15) is 11.1 Å². The summed E-state index contributed by atoms with van der Waals surface area (Å²) in [7, 11) is -7.56. The van der Waals surface area contributed by atoms with E-state index in [-0.39, 0.29) is 25.6 Å². The molecule has 7 aromatic rings. The van der Waals surface area contributed by atoms with E-state index >= 15 is 0 Å². The van der Waals surface area contributed by atoms with Crippen LogP contribution in [0.3, 0.4) is 0 Å². The Labute approximate surface area is 319 Å². The number of nitrogens with two attached hydrogens (primary N) is 2. The normalized spacial score (nSPS) is 11.9. The zero-order valence-corrected chi connectivity index (χ0v) is 31.3. The van der Waals surface area contributed by atoms with Gasteiger partial charge >= 0.3 is 6.18 Å². The first-order valence-corrected chi connectivity index (χ1v) is 19.4. The van der Waals surface area contributed by atoms with Crippen molar-refractivity contribution in [2.45, 2.75) is 22.9 Å². The molecule has 0 fully saturated rings. The topological polar surface area (TPSA) is 209 Å². The van der Waals surface area contributed by atoms with Gasteiger partial charge in [-0.1, -0.05) is 0 Å². The summed E-state index contributed by atoms with van der Waals surface area (Å²) in [4.78, 5) is 20.8. The van der Waals surface area contributed by atoms with Crippen molar-refractivity contribution >= 4 is 81.1 Å². The monoisotopic (exact) mass is 855 g/mol. The molecule has 3 heterocycles. The molecule has 13 nitrogen and oxygen atoms in total. The molecule has 0 atom stereocenters. The second kappa shape index (κ2) is 15.2. The van der Waals surface area contributed by atoms with Crippen molar-refractivity contribution in [1.82, 2.24) is 24.9 Å². The van der Waals surface area contributed by atoms with E-state index < -0.39 is 37.7 Å². The molecule has 0 amide bonds. The summed E-state index contributed by atoms with van der Waals surface area (Å²) < 4.78 is 97.2. The van der Waals surface area contributed by atoms with E-state index in [0.717, 1.165) is 34.2 Å². The van der Waals surface area contributed by atoms with Gasteiger partial charge in [0, 0.05) is 56.3 Å². The van der Waals surface area contributed by atoms with Gasteiger partial charge in [0.2, 0.25) is 37.9 Å². The van der Waals surface area contributed by atoms with Gasteiger partial charge < -0.3 is 10.6 Å². The second-order valence-electron chi connectivity index (χ2n) is 11.8. The number of anilines is 4. The number of aryl methyl sites for hydroxylation is 1. The molecule has 55 heavy (non-hydrogen) atoms. The van der Waals surface area contributed by atoms with Crippen LogP contribution in [-0.2, 0) is 26.2 Å². The highest BCUT2D eigenvalue weighted by Crippen LogP contribution is 2.35.